The van der Waals surface area contributed by atoms with Gasteiger partial charge in [-0.1, -0.05) is 17.3 Å². The Morgan fingerprint density at radius 1 is 0.971 bits per heavy atom. The number of pyridine rings is 1. The van der Waals surface area contributed by atoms with Gasteiger partial charge < -0.3 is 14.3 Å². The Morgan fingerprint density at radius 2 is 1.76 bits per heavy atom. The van der Waals surface area contributed by atoms with Crippen molar-refractivity contribution in [1.29, 1.82) is 0 Å². The molecule has 4 rings (SSSR count). The van der Waals surface area contributed by atoms with Crippen LogP contribution < -0.4 is 20.2 Å². The molecule has 0 saturated carbocycles. The molecule has 0 radical (unpaired) electrons. The molecule has 0 aliphatic carbocycles. The number of hydrazine groups is 1. The Balaban J connectivity index is 1.60. The minimum Gasteiger partial charge on any atom is -0.497 e. The van der Waals surface area contributed by atoms with Crippen LogP contribution in [0.4, 0.5) is 5.95 Å². The number of carbonyl (C=O) groups excluding carboxylic acids is 2. The lowest BCUT2D eigenvalue weighted by Gasteiger charge is -2.22. The van der Waals surface area contributed by atoms with E-state index in [0.717, 1.165) is 5.17 Å². The van der Waals surface area contributed by atoms with Gasteiger partial charge in [-0.05, 0) is 24.3 Å². The van der Waals surface area contributed by atoms with Gasteiger partial charge >= 0.3 is 11.9 Å². The summed E-state index contributed by atoms with van der Waals surface area (Å²) in [6.07, 6.45) is 3.05. The molecular formula is C23H20N6O5. The van der Waals surface area contributed by atoms with Gasteiger partial charge in [-0.25, -0.2) is 15.2 Å². The Morgan fingerprint density at radius 3 is 2.41 bits per heavy atom. The normalized spacial score (nSPS) is 10.4. The number of rotatable bonds is 7. The minimum absolute atomic E-state index is 0.00334. The molecule has 0 fully saturated rings. The zero-order chi connectivity index (χ0) is 24.1. The topological polar surface area (TPSA) is 129 Å². The summed E-state index contributed by atoms with van der Waals surface area (Å²) in [5.74, 6) is 0.233. The molecule has 2 aromatic carbocycles. The summed E-state index contributed by atoms with van der Waals surface area (Å²) in [5, 5.41) is 9.97. The minimum atomic E-state index is -0.434. The third-order valence-corrected chi connectivity index (χ3v) is 4.69. The number of hydrogen-bond acceptors (Lipinski definition) is 10. The summed E-state index contributed by atoms with van der Waals surface area (Å²) in [6, 6.07) is 13.6. The van der Waals surface area contributed by atoms with Crippen molar-refractivity contribution in [3.8, 4) is 22.8 Å². The van der Waals surface area contributed by atoms with Gasteiger partial charge in [-0.3, -0.25) is 9.78 Å². The zero-order valence-electron chi connectivity index (χ0n) is 18.6. The van der Waals surface area contributed by atoms with Crippen molar-refractivity contribution < 1.29 is 23.9 Å². The second-order valence-corrected chi connectivity index (χ2v) is 6.96. The van der Waals surface area contributed by atoms with Gasteiger partial charge in [0.1, 0.15) is 11.4 Å². The van der Waals surface area contributed by atoms with Gasteiger partial charge in [0, 0.05) is 36.2 Å². The highest BCUT2D eigenvalue weighted by Gasteiger charge is 2.17. The third kappa shape index (κ3) is 4.83. The summed E-state index contributed by atoms with van der Waals surface area (Å²) in [6.45, 7) is 1.33. The molecule has 0 aliphatic rings. The van der Waals surface area contributed by atoms with Crippen molar-refractivity contribution in [2.24, 2.45) is 0 Å². The fourth-order valence-corrected chi connectivity index (χ4v) is 3.05. The first-order valence-electron chi connectivity index (χ1n) is 10.0. The summed E-state index contributed by atoms with van der Waals surface area (Å²) >= 11 is 0. The maximum Gasteiger partial charge on any atom is 0.337 e. The highest BCUT2D eigenvalue weighted by atomic mass is 16.7. The van der Waals surface area contributed by atoms with Gasteiger partial charge in [0.25, 0.3) is 0 Å². The number of ether oxygens (including phenoxy) is 2. The predicted octanol–water partition coefficient (Wildman–Crippen LogP) is 2.73. The fraction of sp³-hybridized carbons (Fsp3) is 0.130. The number of carbonyl (C=O) groups is 2. The van der Waals surface area contributed by atoms with Crippen LogP contribution in [-0.4, -0.2) is 46.3 Å². The average Bonchev–Trinajstić information content (AvgIpc) is 2.87. The number of nitrogens with one attached hydrogen (secondary N) is 1. The molecule has 0 bridgehead atoms. The molecule has 2 aromatic heterocycles. The van der Waals surface area contributed by atoms with Crippen LogP contribution in [0.15, 0.2) is 60.9 Å². The Bertz CT molecular complexity index is 1330. The number of hydrogen-bond donors (Lipinski definition) is 1. The molecule has 1 N–H and O–H groups in total. The Labute approximate surface area is 194 Å². The van der Waals surface area contributed by atoms with Gasteiger partial charge in [-0.15, -0.1) is 10.2 Å². The van der Waals surface area contributed by atoms with Crippen LogP contribution in [0.3, 0.4) is 0 Å². The number of nitrogens with zero attached hydrogens (tertiary/aromatic N) is 5. The number of methoxy groups -OCH3 is 2. The Kier molecular flexibility index (Phi) is 6.44. The molecule has 11 heteroatoms. The van der Waals surface area contributed by atoms with Crippen molar-refractivity contribution in [3.63, 3.8) is 0 Å². The molecule has 1 amide bonds. The number of aromatic nitrogens is 4. The second kappa shape index (κ2) is 9.77. The lowest BCUT2D eigenvalue weighted by molar-refractivity contribution is -0.120. The number of amides is 1. The van der Waals surface area contributed by atoms with Crippen molar-refractivity contribution >= 4 is 28.7 Å². The SMILES string of the molecule is COC(=O)c1ccc(-c2cnc(N(NC(C)=O)Oc3ccnc4cc(OC)ccc34)nn2)cc1. The van der Waals surface area contributed by atoms with Crippen LogP contribution in [-0.2, 0) is 9.53 Å². The molecule has 11 nitrogen and oxygen atoms in total. The first-order chi connectivity index (χ1) is 16.5. The molecule has 0 saturated heterocycles. The second-order valence-electron chi connectivity index (χ2n) is 6.96. The highest BCUT2D eigenvalue weighted by molar-refractivity contribution is 5.90. The average molecular weight is 460 g/mol. The molecule has 0 unspecified atom stereocenters. The van der Waals surface area contributed by atoms with Crippen molar-refractivity contribution in [1.82, 2.24) is 25.6 Å². The van der Waals surface area contributed by atoms with Crippen LogP contribution in [0.2, 0.25) is 0 Å². The first-order valence-corrected chi connectivity index (χ1v) is 10.0. The van der Waals surface area contributed by atoms with Crippen molar-refractivity contribution in [2.75, 3.05) is 19.4 Å². The highest BCUT2D eigenvalue weighted by Crippen LogP contribution is 2.28. The summed E-state index contributed by atoms with van der Waals surface area (Å²) < 4.78 is 9.94. The number of benzene rings is 2. The van der Waals surface area contributed by atoms with E-state index >= 15 is 0 Å². The van der Waals surface area contributed by atoms with E-state index in [1.54, 1.807) is 61.8 Å². The fourth-order valence-electron chi connectivity index (χ4n) is 3.05. The van der Waals surface area contributed by atoms with Crippen LogP contribution in [0.25, 0.3) is 22.2 Å². The molecule has 34 heavy (non-hydrogen) atoms. The molecule has 0 spiro atoms. The van der Waals surface area contributed by atoms with E-state index in [9.17, 15) is 9.59 Å². The van der Waals surface area contributed by atoms with Crippen LogP contribution >= 0.6 is 0 Å². The van der Waals surface area contributed by atoms with E-state index in [-0.39, 0.29) is 5.95 Å². The number of fused-ring (bicyclic) bond motifs is 1. The van der Waals surface area contributed by atoms with Crippen molar-refractivity contribution in [2.45, 2.75) is 6.92 Å². The summed E-state index contributed by atoms with van der Waals surface area (Å²) in [5.41, 5.74) is 4.74. The monoisotopic (exact) mass is 460 g/mol. The van der Waals surface area contributed by atoms with E-state index in [2.05, 4.69) is 25.6 Å². The van der Waals surface area contributed by atoms with Gasteiger partial charge in [0.2, 0.25) is 5.91 Å². The van der Waals surface area contributed by atoms with Crippen LogP contribution in [0.1, 0.15) is 17.3 Å². The molecular weight excluding hydrogens is 440 g/mol. The summed E-state index contributed by atoms with van der Waals surface area (Å²) in [4.78, 5) is 37.9. The summed E-state index contributed by atoms with van der Waals surface area (Å²) in [7, 11) is 2.89. The molecule has 172 valence electrons. The number of esters is 1. The molecule has 0 atom stereocenters. The number of anilines is 1. The molecule has 0 aliphatic heterocycles. The van der Waals surface area contributed by atoms with Gasteiger partial charge in [-0.2, -0.15) is 0 Å². The van der Waals surface area contributed by atoms with Gasteiger partial charge in [0.05, 0.1) is 31.5 Å². The van der Waals surface area contributed by atoms with Gasteiger partial charge in [0.15, 0.2) is 5.75 Å². The third-order valence-electron chi connectivity index (χ3n) is 4.69. The smallest absolute Gasteiger partial charge is 0.337 e. The maximum absolute atomic E-state index is 11.8. The van der Waals surface area contributed by atoms with E-state index in [1.165, 1.54) is 20.2 Å². The zero-order valence-corrected chi connectivity index (χ0v) is 18.6. The van der Waals surface area contributed by atoms with Crippen molar-refractivity contribution in [3.05, 3.63) is 66.5 Å². The van der Waals surface area contributed by atoms with E-state index < -0.39 is 11.9 Å². The van der Waals surface area contributed by atoms with Crippen LogP contribution in [0.5, 0.6) is 11.5 Å². The quantitative estimate of drug-likeness (QED) is 0.325. The molecule has 2 heterocycles. The van der Waals surface area contributed by atoms with E-state index in [1.807, 2.05) is 0 Å². The lowest BCUT2D eigenvalue weighted by atomic mass is 10.1. The molecule has 4 aromatic rings. The maximum atomic E-state index is 11.8. The van der Waals surface area contributed by atoms with Crippen LogP contribution in [0, 0.1) is 0 Å². The standard InChI is InChI=1S/C23H20N6O5/c1-14(30)28-29(34-21-10-11-24-19-12-17(32-2)8-9-18(19)21)23-25-13-20(26-27-23)15-4-6-16(7-5-15)22(31)33-3/h4-13H,1-3H3,(H,28,30). The van der Waals surface area contributed by atoms with E-state index in [4.69, 9.17) is 14.3 Å². The largest absolute Gasteiger partial charge is 0.497 e. The van der Waals surface area contributed by atoms with E-state index in [0.29, 0.717) is 39.2 Å². The lowest BCUT2D eigenvalue weighted by Crippen LogP contribution is -2.45. The predicted molar refractivity (Wildman–Crippen MR) is 122 cm³/mol. The first kappa shape index (κ1) is 22.4. The Hall–Kier alpha value is -4.80.